The molecule has 1 heterocycles. The van der Waals surface area contributed by atoms with Crippen LogP contribution in [-0.4, -0.2) is 39.4 Å². The van der Waals surface area contributed by atoms with Gasteiger partial charge in [-0.05, 0) is 6.07 Å². The van der Waals surface area contributed by atoms with Crippen molar-refractivity contribution < 1.29 is 15.1 Å². The number of rotatable bonds is 5. The van der Waals surface area contributed by atoms with Crippen molar-refractivity contribution in [3.05, 3.63) is 28.4 Å². The molecule has 0 aromatic carbocycles. The number of pyridine rings is 1. The van der Waals surface area contributed by atoms with E-state index in [-0.39, 0.29) is 18.8 Å². The van der Waals surface area contributed by atoms with Crippen molar-refractivity contribution in [1.29, 1.82) is 0 Å². The molecular weight excluding hydrogens is 202 g/mol. The van der Waals surface area contributed by atoms with Crippen molar-refractivity contribution in [3.63, 3.8) is 0 Å². The first-order chi connectivity index (χ1) is 7.13. The summed E-state index contributed by atoms with van der Waals surface area (Å²) in [7, 11) is 0. The van der Waals surface area contributed by atoms with Crippen LogP contribution in [0, 0.1) is 10.1 Å². The summed E-state index contributed by atoms with van der Waals surface area (Å²) in [6.07, 6.45) is 0.246. The van der Waals surface area contributed by atoms with Crippen LogP contribution in [0.1, 0.15) is 0 Å². The Balaban J connectivity index is 2.53. The Bertz CT molecular complexity index is 327. The summed E-state index contributed by atoms with van der Waals surface area (Å²) in [5.41, 5.74) is -0.0942. The highest BCUT2D eigenvalue weighted by molar-refractivity contribution is 5.40. The summed E-state index contributed by atoms with van der Waals surface area (Å²) in [5, 5.41) is 30.6. The Hall–Kier alpha value is -1.73. The molecule has 0 saturated carbocycles. The van der Waals surface area contributed by atoms with Crippen molar-refractivity contribution in [2.75, 3.05) is 18.5 Å². The van der Waals surface area contributed by atoms with E-state index in [0.29, 0.717) is 5.82 Å². The molecule has 7 heteroatoms. The van der Waals surface area contributed by atoms with Gasteiger partial charge in [0.15, 0.2) is 0 Å². The van der Waals surface area contributed by atoms with E-state index in [0.717, 1.165) is 6.20 Å². The average Bonchev–Trinajstić information content (AvgIpc) is 2.26. The molecule has 0 aliphatic heterocycles. The zero-order chi connectivity index (χ0) is 11.3. The standard InChI is InChI=1S/C8H11N3O4/c12-5-7(13)4-10-8-2-1-6(3-9-8)11(14)15/h1-3,7,12-13H,4-5H2,(H,9,10)/t7-/m1/s1. The van der Waals surface area contributed by atoms with Crippen molar-refractivity contribution in [3.8, 4) is 0 Å². The minimum atomic E-state index is -0.873. The SMILES string of the molecule is O=[N+]([O-])c1ccc(NC[C@@H](O)CO)nc1. The maximum absolute atomic E-state index is 10.3. The van der Waals surface area contributed by atoms with Gasteiger partial charge in [-0.3, -0.25) is 10.1 Å². The normalized spacial score (nSPS) is 12.1. The molecule has 15 heavy (non-hydrogen) atoms. The lowest BCUT2D eigenvalue weighted by Crippen LogP contribution is -2.23. The van der Waals surface area contributed by atoms with Crippen molar-refractivity contribution >= 4 is 11.5 Å². The molecule has 0 aliphatic carbocycles. The number of nitrogens with one attached hydrogen (secondary N) is 1. The molecule has 1 atom stereocenters. The second kappa shape index (κ2) is 5.23. The Kier molecular flexibility index (Phi) is 3.95. The van der Waals surface area contributed by atoms with Crippen LogP contribution in [0.3, 0.4) is 0 Å². The van der Waals surface area contributed by atoms with Gasteiger partial charge in [0, 0.05) is 12.6 Å². The molecule has 1 aromatic heterocycles. The molecular formula is C8H11N3O4. The first-order valence-corrected chi connectivity index (χ1v) is 4.26. The number of anilines is 1. The fraction of sp³-hybridized carbons (Fsp3) is 0.375. The fourth-order valence-corrected chi connectivity index (χ4v) is 0.886. The van der Waals surface area contributed by atoms with E-state index in [2.05, 4.69) is 10.3 Å². The summed E-state index contributed by atoms with van der Waals surface area (Å²) in [6, 6.07) is 2.74. The Labute approximate surface area is 85.5 Å². The average molecular weight is 213 g/mol. The third kappa shape index (κ3) is 3.49. The third-order valence-corrected chi connectivity index (χ3v) is 1.69. The van der Waals surface area contributed by atoms with Gasteiger partial charge in [-0.15, -0.1) is 0 Å². The minimum absolute atomic E-state index is 0.0942. The van der Waals surface area contributed by atoms with Crippen LogP contribution in [0.2, 0.25) is 0 Å². The van der Waals surface area contributed by atoms with Crippen LogP contribution in [0.25, 0.3) is 0 Å². The van der Waals surface area contributed by atoms with Crippen molar-refractivity contribution in [1.82, 2.24) is 4.98 Å². The number of hydrogen-bond donors (Lipinski definition) is 3. The number of aliphatic hydroxyl groups is 2. The highest BCUT2D eigenvalue weighted by Crippen LogP contribution is 2.11. The molecule has 3 N–H and O–H groups in total. The van der Waals surface area contributed by atoms with Gasteiger partial charge >= 0.3 is 0 Å². The Morgan fingerprint density at radius 3 is 2.80 bits per heavy atom. The van der Waals surface area contributed by atoms with E-state index in [4.69, 9.17) is 10.2 Å². The van der Waals surface area contributed by atoms with Crippen molar-refractivity contribution in [2.45, 2.75) is 6.10 Å². The minimum Gasteiger partial charge on any atom is -0.394 e. The van der Waals surface area contributed by atoms with Gasteiger partial charge in [-0.2, -0.15) is 0 Å². The smallest absolute Gasteiger partial charge is 0.287 e. The molecule has 0 bridgehead atoms. The summed E-state index contributed by atoms with van der Waals surface area (Å²) in [4.78, 5) is 13.5. The van der Waals surface area contributed by atoms with E-state index < -0.39 is 11.0 Å². The van der Waals surface area contributed by atoms with E-state index in [1.165, 1.54) is 12.1 Å². The Morgan fingerprint density at radius 1 is 1.60 bits per heavy atom. The molecule has 0 spiro atoms. The van der Waals surface area contributed by atoms with Gasteiger partial charge in [0.1, 0.15) is 12.0 Å². The predicted molar refractivity (Wildman–Crippen MR) is 52.5 cm³/mol. The maximum Gasteiger partial charge on any atom is 0.287 e. The molecule has 0 amide bonds. The van der Waals surface area contributed by atoms with Gasteiger partial charge in [0.25, 0.3) is 5.69 Å². The number of aliphatic hydroxyl groups excluding tert-OH is 2. The van der Waals surface area contributed by atoms with E-state index in [1.807, 2.05) is 0 Å². The maximum atomic E-state index is 10.3. The van der Waals surface area contributed by atoms with Gasteiger partial charge in [0.05, 0.1) is 17.6 Å². The highest BCUT2D eigenvalue weighted by atomic mass is 16.6. The molecule has 0 saturated heterocycles. The van der Waals surface area contributed by atoms with E-state index in [9.17, 15) is 10.1 Å². The fourth-order valence-electron chi connectivity index (χ4n) is 0.886. The zero-order valence-electron chi connectivity index (χ0n) is 7.83. The van der Waals surface area contributed by atoms with E-state index in [1.54, 1.807) is 0 Å². The van der Waals surface area contributed by atoms with Gasteiger partial charge in [-0.1, -0.05) is 0 Å². The predicted octanol–water partition coefficient (Wildman–Crippen LogP) is -0.245. The lowest BCUT2D eigenvalue weighted by Gasteiger charge is -2.08. The molecule has 0 fully saturated rings. The quantitative estimate of drug-likeness (QED) is 0.460. The van der Waals surface area contributed by atoms with Crippen LogP contribution in [0.4, 0.5) is 11.5 Å². The molecule has 7 nitrogen and oxygen atoms in total. The number of hydrogen-bond acceptors (Lipinski definition) is 6. The molecule has 1 rings (SSSR count). The van der Waals surface area contributed by atoms with E-state index >= 15 is 0 Å². The van der Waals surface area contributed by atoms with Crippen molar-refractivity contribution in [2.24, 2.45) is 0 Å². The number of nitrogens with zero attached hydrogens (tertiary/aromatic N) is 2. The summed E-state index contributed by atoms with van der Waals surface area (Å²) in [6.45, 7) is -0.207. The largest absolute Gasteiger partial charge is 0.394 e. The Morgan fingerprint density at radius 2 is 2.33 bits per heavy atom. The number of nitro groups is 1. The second-order valence-corrected chi connectivity index (χ2v) is 2.88. The monoisotopic (exact) mass is 213 g/mol. The third-order valence-electron chi connectivity index (χ3n) is 1.69. The van der Waals surface area contributed by atoms with Crippen LogP contribution in [-0.2, 0) is 0 Å². The lowest BCUT2D eigenvalue weighted by atomic mass is 10.3. The molecule has 1 aromatic rings. The first kappa shape index (κ1) is 11.3. The molecule has 0 aliphatic rings. The van der Waals surface area contributed by atoms with Gasteiger partial charge in [-0.25, -0.2) is 4.98 Å². The lowest BCUT2D eigenvalue weighted by molar-refractivity contribution is -0.385. The van der Waals surface area contributed by atoms with Gasteiger partial charge < -0.3 is 15.5 Å². The molecule has 0 unspecified atom stereocenters. The highest BCUT2D eigenvalue weighted by Gasteiger charge is 2.06. The van der Waals surface area contributed by atoms with Crippen LogP contribution in [0.5, 0.6) is 0 Å². The number of aromatic nitrogens is 1. The second-order valence-electron chi connectivity index (χ2n) is 2.88. The van der Waals surface area contributed by atoms with Crippen LogP contribution < -0.4 is 5.32 Å². The molecule has 82 valence electrons. The van der Waals surface area contributed by atoms with Gasteiger partial charge in [0.2, 0.25) is 0 Å². The summed E-state index contributed by atoms with van der Waals surface area (Å²) >= 11 is 0. The summed E-state index contributed by atoms with van der Waals surface area (Å²) in [5.74, 6) is 0.410. The summed E-state index contributed by atoms with van der Waals surface area (Å²) < 4.78 is 0. The van der Waals surface area contributed by atoms with Crippen LogP contribution in [0.15, 0.2) is 18.3 Å². The topological polar surface area (TPSA) is 109 Å². The van der Waals surface area contributed by atoms with Crippen LogP contribution >= 0.6 is 0 Å². The zero-order valence-corrected chi connectivity index (χ0v) is 7.83. The molecule has 0 radical (unpaired) electrons. The first-order valence-electron chi connectivity index (χ1n) is 4.26.